The average molecular weight is 436 g/mol. The lowest BCUT2D eigenvalue weighted by molar-refractivity contribution is 0.0987. The Morgan fingerprint density at radius 2 is 1.93 bits per heavy atom. The van der Waals surface area contributed by atoms with Gasteiger partial charge in [-0.1, -0.05) is 6.07 Å². The number of halogens is 2. The molecule has 0 fully saturated rings. The minimum absolute atomic E-state index is 0.135. The molecule has 30 heavy (non-hydrogen) atoms. The van der Waals surface area contributed by atoms with Gasteiger partial charge in [-0.15, -0.1) is 0 Å². The summed E-state index contributed by atoms with van der Waals surface area (Å²) >= 11 is 0. The molecule has 1 atom stereocenters. The lowest BCUT2D eigenvalue weighted by Gasteiger charge is -2.38. The number of rotatable bonds is 5. The lowest BCUT2D eigenvalue weighted by Crippen LogP contribution is -2.56. The van der Waals surface area contributed by atoms with E-state index in [0.717, 1.165) is 6.07 Å². The SMILES string of the molecule is Cc1cnc(C(=O)Cc2ccc(F)c(C3(CF)CS(=O)(=O)C(C)(C)C(N)=N3)c2)cn1. The van der Waals surface area contributed by atoms with Crippen LogP contribution in [0.5, 0.6) is 0 Å². The molecule has 0 radical (unpaired) electrons. The van der Waals surface area contributed by atoms with Gasteiger partial charge in [0.05, 0.1) is 17.6 Å². The number of Topliss-reactive ketones (excluding diaryl/α,β-unsaturated/α-hetero) is 1. The van der Waals surface area contributed by atoms with Crippen molar-refractivity contribution in [3.63, 3.8) is 0 Å². The van der Waals surface area contributed by atoms with Crippen LogP contribution in [-0.4, -0.2) is 47.2 Å². The Morgan fingerprint density at radius 3 is 2.50 bits per heavy atom. The van der Waals surface area contributed by atoms with E-state index >= 15 is 0 Å². The summed E-state index contributed by atoms with van der Waals surface area (Å²) in [7, 11) is -3.93. The maximum absolute atomic E-state index is 14.7. The number of aryl methyl sites for hydroxylation is 1. The molecule has 0 spiro atoms. The van der Waals surface area contributed by atoms with Gasteiger partial charge in [-0.25, -0.2) is 22.2 Å². The van der Waals surface area contributed by atoms with Crippen molar-refractivity contribution in [1.29, 1.82) is 0 Å². The summed E-state index contributed by atoms with van der Waals surface area (Å²) in [6, 6.07) is 3.70. The van der Waals surface area contributed by atoms with Gasteiger partial charge in [0.1, 0.15) is 34.3 Å². The number of nitrogens with zero attached hydrogens (tertiary/aromatic N) is 3. The van der Waals surface area contributed by atoms with Crippen LogP contribution in [-0.2, 0) is 21.8 Å². The molecule has 160 valence electrons. The predicted octanol–water partition coefficient (Wildman–Crippen LogP) is 2.08. The van der Waals surface area contributed by atoms with Crippen LogP contribution in [0.2, 0.25) is 0 Å². The van der Waals surface area contributed by atoms with E-state index in [0.29, 0.717) is 11.3 Å². The Bertz CT molecular complexity index is 1130. The number of sulfone groups is 1. The number of carbonyl (C=O) groups excluding carboxylic acids is 1. The Morgan fingerprint density at radius 1 is 1.23 bits per heavy atom. The Balaban J connectivity index is 2.03. The van der Waals surface area contributed by atoms with Gasteiger partial charge < -0.3 is 5.73 Å². The van der Waals surface area contributed by atoms with Crippen molar-refractivity contribution in [2.45, 2.75) is 37.5 Å². The van der Waals surface area contributed by atoms with Crippen molar-refractivity contribution < 1.29 is 22.0 Å². The van der Waals surface area contributed by atoms with E-state index in [-0.39, 0.29) is 29.3 Å². The molecule has 1 aliphatic rings. The second-order valence-corrected chi connectivity index (χ2v) is 10.4. The average Bonchev–Trinajstić information content (AvgIpc) is 2.68. The van der Waals surface area contributed by atoms with E-state index in [1.165, 1.54) is 38.4 Å². The zero-order valence-corrected chi connectivity index (χ0v) is 17.6. The molecule has 1 aromatic carbocycles. The molecule has 1 unspecified atom stereocenters. The van der Waals surface area contributed by atoms with E-state index in [1.807, 2.05) is 0 Å². The lowest BCUT2D eigenvalue weighted by atomic mass is 9.90. The second kappa shape index (κ2) is 7.50. The van der Waals surface area contributed by atoms with Crippen LogP contribution >= 0.6 is 0 Å². The zero-order valence-electron chi connectivity index (χ0n) is 16.8. The summed E-state index contributed by atoms with van der Waals surface area (Å²) in [6.45, 7) is 3.21. The third kappa shape index (κ3) is 3.71. The van der Waals surface area contributed by atoms with Crippen molar-refractivity contribution in [1.82, 2.24) is 9.97 Å². The highest BCUT2D eigenvalue weighted by atomic mass is 32.2. The fraction of sp³-hybridized carbons (Fsp3) is 0.400. The fourth-order valence-electron chi connectivity index (χ4n) is 3.18. The molecule has 2 heterocycles. The number of ketones is 1. The number of hydrogen-bond acceptors (Lipinski definition) is 7. The van der Waals surface area contributed by atoms with Crippen LogP contribution in [0.3, 0.4) is 0 Å². The van der Waals surface area contributed by atoms with Gasteiger partial charge in [-0.3, -0.25) is 14.8 Å². The zero-order chi connectivity index (χ0) is 22.3. The van der Waals surface area contributed by atoms with Crippen LogP contribution in [0, 0.1) is 12.7 Å². The number of hydrogen-bond donors (Lipinski definition) is 1. The molecule has 3 rings (SSSR count). The van der Waals surface area contributed by atoms with Crippen molar-refractivity contribution in [3.05, 3.63) is 58.9 Å². The monoisotopic (exact) mass is 436 g/mol. The van der Waals surface area contributed by atoms with Gasteiger partial charge in [0, 0.05) is 18.2 Å². The van der Waals surface area contributed by atoms with Crippen molar-refractivity contribution >= 4 is 21.5 Å². The molecular formula is C20H22F2N4O3S. The first kappa shape index (κ1) is 21.9. The highest BCUT2D eigenvalue weighted by Gasteiger charge is 2.51. The minimum Gasteiger partial charge on any atom is -0.386 e. The van der Waals surface area contributed by atoms with Gasteiger partial charge in [0.2, 0.25) is 0 Å². The standard InChI is InChI=1S/C20H22F2N4O3S/c1-12-8-25-16(9-24-12)17(27)7-13-4-5-15(22)14(6-13)20(10-21)11-30(28,29)19(2,3)18(23)26-20/h4-6,8-9H,7,10-11H2,1-3H3,(H2,23,26). The maximum atomic E-state index is 14.7. The molecule has 1 aliphatic heterocycles. The Kier molecular flexibility index (Phi) is 5.48. The molecule has 10 heteroatoms. The number of carbonyl (C=O) groups is 1. The van der Waals surface area contributed by atoms with Crippen LogP contribution in [0.4, 0.5) is 8.78 Å². The molecule has 0 bridgehead atoms. The Labute approximate surface area is 173 Å². The number of amidine groups is 1. The van der Waals surface area contributed by atoms with Crippen LogP contribution in [0.25, 0.3) is 0 Å². The number of aromatic nitrogens is 2. The van der Waals surface area contributed by atoms with Crippen molar-refractivity contribution in [2.75, 3.05) is 12.4 Å². The normalized spacial score (nSPS) is 22.4. The summed E-state index contributed by atoms with van der Waals surface area (Å²) in [5, 5.41) is 0. The van der Waals surface area contributed by atoms with E-state index in [4.69, 9.17) is 5.73 Å². The molecule has 0 aliphatic carbocycles. The van der Waals surface area contributed by atoms with Crippen LogP contribution < -0.4 is 5.73 Å². The van der Waals surface area contributed by atoms with Gasteiger partial charge in [0.15, 0.2) is 15.6 Å². The van der Waals surface area contributed by atoms with Gasteiger partial charge >= 0.3 is 0 Å². The first-order valence-corrected chi connectivity index (χ1v) is 10.8. The van der Waals surface area contributed by atoms with Gasteiger partial charge in [0.25, 0.3) is 0 Å². The quantitative estimate of drug-likeness (QED) is 0.718. The summed E-state index contributed by atoms with van der Waals surface area (Å²) in [5.74, 6) is -2.22. The van der Waals surface area contributed by atoms with E-state index < -0.39 is 38.4 Å². The summed E-state index contributed by atoms with van der Waals surface area (Å²) in [6.07, 6.45) is 2.64. The topological polar surface area (TPSA) is 115 Å². The number of alkyl halides is 1. The second-order valence-electron chi connectivity index (χ2n) is 7.89. The highest BCUT2D eigenvalue weighted by molar-refractivity contribution is 7.93. The largest absolute Gasteiger partial charge is 0.386 e. The van der Waals surface area contributed by atoms with Crippen LogP contribution in [0.1, 0.15) is 41.2 Å². The number of aliphatic imine (C=N–C) groups is 1. The van der Waals surface area contributed by atoms with Gasteiger partial charge in [-0.2, -0.15) is 0 Å². The maximum Gasteiger partial charge on any atom is 0.187 e. The number of benzene rings is 1. The minimum atomic E-state index is -3.93. The van der Waals surface area contributed by atoms with E-state index in [9.17, 15) is 22.0 Å². The summed E-state index contributed by atoms with van der Waals surface area (Å²) in [5.41, 5.74) is 4.73. The molecule has 0 saturated heterocycles. The summed E-state index contributed by atoms with van der Waals surface area (Å²) in [4.78, 5) is 24.6. The highest BCUT2D eigenvalue weighted by Crippen LogP contribution is 2.38. The smallest absolute Gasteiger partial charge is 0.187 e. The third-order valence-corrected chi connectivity index (χ3v) is 7.96. The molecule has 0 saturated carbocycles. The van der Waals surface area contributed by atoms with Crippen LogP contribution in [0.15, 0.2) is 35.6 Å². The third-order valence-electron chi connectivity index (χ3n) is 5.34. The van der Waals surface area contributed by atoms with E-state index in [2.05, 4.69) is 15.0 Å². The first-order valence-electron chi connectivity index (χ1n) is 9.17. The number of nitrogens with two attached hydrogens (primary N) is 1. The van der Waals surface area contributed by atoms with E-state index in [1.54, 1.807) is 6.92 Å². The van der Waals surface area contributed by atoms with Crippen molar-refractivity contribution in [3.8, 4) is 0 Å². The first-order chi connectivity index (χ1) is 13.9. The Hall–Kier alpha value is -2.75. The molecular weight excluding hydrogens is 414 g/mol. The molecule has 0 amide bonds. The van der Waals surface area contributed by atoms with Gasteiger partial charge in [-0.05, 0) is 38.5 Å². The molecule has 2 N–H and O–H groups in total. The van der Waals surface area contributed by atoms with Crippen molar-refractivity contribution in [2.24, 2.45) is 10.7 Å². The molecule has 1 aromatic heterocycles. The molecule has 2 aromatic rings. The fourth-order valence-corrected chi connectivity index (χ4v) is 4.83. The predicted molar refractivity (Wildman–Crippen MR) is 108 cm³/mol. The molecule has 7 nitrogen and oxygen atoms in total. The summed E-state index contributed by atoms with van der Waals surface area (Å²) < 4.78 is 52.8.